The quantitative estimate of drug-likeness (QED) is 0.674. The first-order valence-electron chi connectivity index (χ1n) is 10.3. The van der Waals surface area contributed by atoms with Crippen LogP contribution in [0.2, 0.25) is 5.02 Å². The molecule has 29 heavy (non-hydrogen) atoms. The Labute approximate surface area is 180 Å². The van der Waals surface area contributed by atoms with Crippen molar-refractivity contribution >= 4 is 29.2 Å². The Balaban J connectivity index is 1.56. The summed E-state index contributed by atoms with van der Waals surface area (Å²) in [6.07, 6.45) is 6.36. The van der Waals surface area contributed by atoms with Crippen LogP contribution in [0.1, 0.15) is 50.4 Å². The molecule has 1 saturated heterocycles. The molecule has 0 unspecified atom stereocenters. The molecule has 4 rings (SSSR count). The third kappa shape index (κ3) is 3.99. The van der Waals surface area contributed by atoms with E-state index in [0.29, 0.717) is 21.0 Å². The van der Waals surface area contributed by atoms with E-state index in [1.807, 2.05) is 6.92 Å². The molecule has 4 nitrogen and oxygen atoms in total. The topological polar surface area (TPSA) is 49.2 Å². The van der Waals surface area contributed by atoms with E-state index in [2.05, 4.69) is 16.8 Å². The van der Waals surface area contributed by atoms with Crippen LogP contribution < -0.4 is 4.90 Å². The number of aliphatic hydroxyl groups excluding tert-OH is 1. The van der Waals surface area contributed by atoms with E-state index in [0.717, 1.165) is 30.5 Å². The fourth-order valence-corrected chi connectivity index (χ4v) is 6.00. The molecular formula is C22H27ClFN3OS. The highest BCUT2D eigenvalue weighted by molar-refractivity contribution is 7.99. The number of aromatic nitrogens is 2. The van der Waals surface area contributed by atoms with E-state index in [1.54, 1.807) is 12.1 Å². The lowest BCUT2D eigenvalue weighted by Gasteiger charge is -2.43. The minimum absolute atomic E-state index is 0.0861. The number of benzene rings is 1. The monoisotopic (exact) mass is 435 g/mol. The minimum atomic E-state index is -0.456. The van der Waals surface area contributed by atoms with E-state index < -0.39 is 5.82 Å². The Kier molecular flexibility index (Phi) is 6.05. The van der Waals surface area contributed by atoms with Gasteiger partial charge in [-0.15, -0.1) is 0 Å². The van der Waals surface area contributed by atoms with Crippen LogP contribution in [0.25, 0.3) is 0 Å². The maximum Gasteiger partial charge on any atom is 0.155 e. The van der Waals surface area contributed by atoms with E-state index >= 15 is 0 Å². The predicted molar refractivity (Wildman–Crippen MR) is 115 cm³/mol. The van der Waals surface area contributed by atoms with Crippen molar-refractivity contribution in [1.29, 1.82) is 0 Å². The molecule has 1 saturated carbocycles. The molecule has 2 fully saturated rings. The fraction of sp³-hybridized carbons (Fsp3) is 0.545. The van der Waals surface area contributed by atoms with E-state index in [4.69, 9.17) is 16.6 Å². The van der Waals surface area contributed by atoms with Gasteiger partial charge in [0.15, 0.2) is 11.6 Å². The number of piperidine rings is 1. The molecule has 0 radical (unpaired) electrons. The molecule has 1 aliphatic heterocycles. The molecule has 2 aliphatic rings. The van der Waals surface area contributed by atoms with E-state index in [1.165, 1.54) is 49.9 Å². The summed E-state index contributed by atoms with van der Waals surface area (Å²) >= 11 is 7.09. The number of hydrogen-bond donors (Lipinski definition) is 1. The van der Waals surface area contributed by atoms with Gasteiger partial charge < -0.3 is 10.0 Å². The van der Waals surface area contributed by atoms with Gasteiger partial charge in [-0.2, -0.15) is 0 Å². The first-order valence-corrected chi connectivity index (χ1v) is 11.5. The molecule has 1 aromatic heterocycles. The highest BCUT2D eigenvalue weighted by atomic mass is 35.5. The molecule has 1 atom stereocenters. The Hall–Kier alpha value is -1.37. The number of nitrogens with zero attached hydrogens (tertiary/aromatic N) is 3. The van der Waals surface area contributed by atoms with Crippen LogP contribution in [-0.4, -0.2) is 28.2 Å². The molecule has 1 N–H and O–H groups in total. The Morgan fingerprint density at radius 1 is 1.28 bits per heavy atom. The predicted octanol–water partition coefficient (Wildman–Crippen LogP) is 5.63. The first kappa shape index (κ1) is 20.9. The smallest absolute Gasteiger partial charge is 0.155 e. The zero-order valence-electron chi connectivity index (χ0n) is 16.9. The Morgan fingerprint density at radius 2 is 2.03 bits per heavy atom. The van der Waals surface area contributed by atoms with Crippen LogP contribution >= 0.6 is 23.4 Å². The molecule has 1 spiro atoms. The van der Waals surface area contributed by atoms with Gasteiger partial charge in [0.2, 0.25) is 0 Å². The Bertz CT molecular complexity index is 902. The van der Waals surface area contributed by atoms with Gasteiger partial charge in [0.25, 0.3) is 0 Å². The van der Waals surface area contributed by atoms with Gasteiger partial charge in [0, 0.05) is 13.1 Å². The number of aryl methyl sites for hydroxylation is 1. The number of halogens is 2. The van der Waals surface area contributed by atoms with Gasteiger partial charge in [-0.3, -0.25) is 0 Å². The van der Waals surface area contributed by atoms with Crippen molar-refractivity contribution in [1.82, 2.24) is 9.97 Å². The fourth-order valence-electron chi connectivity index (χ4n) is 4.87. The second-order valence-corrected chi connectivity index (χ2v) is 9.78. The zero-order chi connectivity index (χ0) is 20.6. The summed E-state index contributed by atoms with van der Waals surface area (Å²) in [5.74, 6) is 1.10. The summed E-state index contributed by atoms with van der Waals surface area (Å²) in [6.45, 7) is 5.98. The highest BCUT2D eigenvalue weighted by Gasteiger charge is 2.42. The summed E-state index contributed by atoms with van der Waals surface area (Å²) in [5, 5.41) is 10.6. The van der Waals surface area contributed by atoms with Crippen LogP contribution in [0.15, 0.2) is 28.1 Å². The van der Waals surface area contributed by atoms with E-state index in [9.17, 15) is 9.50 Å². The Morgan fingerprint density at radius 3 is 2.69 bits per heavy atom. The standard InChI is InChI=1S/C22H27ClFN3OS/c1-14-5-4-8-22(14)9-11-27(12-10-22)20-17(13-28)26-21(15(2)25-20)29-18-7-3-6-16(23)19(18)24/h3,6-7,14,28H,4-5,8-13H2,1-2H3/t14-/m1/s1. The van der Waals surface area contributed by atoms with Crippen LogP contribution in [-0.2, 0) is 6.61 Å². The van der Waals surface area contributed by atoms with Gasteiger partial charge in [-0.1, -0.05) is 49.2 Å². The number of rotatable bonds is 4. The van der Waals surface area contributed by atoms with Crippen molar-refractivity contribution in [2.24, 2.45) is 11.3 Å². The van der Waals surface area contributed by atoms with Crippen LogP contribution in [0.5, 0.6) is 0 Å². The maximum absolute atomic E-state index is 14.3. The third-order valence-corrected chi connectivity index (χ3v) is 8.17. The van der Waals surface area contributed by atoms with Crippen molar-refractivity contribution in [3.63, 3.8) is 0 Å². The summed E-state index contributed by atoms with van der Waals surface area (Å²) in [6, 6.07) is 4.91. The average Bonchev–Trinajstić information content (AvgIpc) is 3.07. The van der Waals surface area contributed by atoms with Gasteiger partial charge in [0.05, 0.1) is 22.2 Å². The second-order valence-electron chi connectivity index (χ2n) is 8.34. The molecule has 2 heterocycles. The lowest BCUT2D eigenvalue weighted by Crippen LogP contribution is -2.42. The van der Waals surface area contributed by atoms with Gasteiger partial charge >= 0.3 is 0 Å². The van der Waals surface area contributed by atoms with Crippen molar-refractivity contribution in [3.8, 4) is 0 Å². The third-order valence-electron chi connectivity index (χ3n) is 6.77. The summed E-state index contributed by atoms with van der Waals surface area (Å²) < 4.78 is 14.3. The zero-order valence-corrected chi connectivity index (χ0v) is 18.5. The first-order chi connectivity index (χ1) is 13.9. The summed E-state index contributed by atoms with van der Waals surface area (Å²) in [4.78, 5) is 12.1. The SMILES string of the molecule is Cc1nc(N2CCC3(CCC[C@H]3C)CC2)c(CO)nc1Sc1cccc(Cl)c1F. The van der Waals surface area contributed by atoms with Crippen molar-refractivity contribution in [3.05, 3.63) is 40.4 Å². The highest BCUT2D eigenvalue weighted by Crippen LogP contribution is 2.50. The lowest BCUT2D eigenvalue weighted by molar-refractivity contribution is 0.161. The minimum Gasteiger partial charge on any atom is -0.390 e. The van der Waals surface area contributed by atoms with Gasteiger partial charge in [-0.25, -0.2) is 14.4 Å². The molecule has 1 aliphatic carbocycles. The van der Waals surface area contributed by atoms with Crippen LogP contribution in [0, 0.1) is 24.1 Å². The lowest BCUT2D eigenvalue weighted by atomic mass is 9.71. The van der Waals surface area contributed by atoms with Crippen molar-refractivity contribution in [2.75, 3.05) is 18.0 Å². The molecule has 2 aromatic rings. The second kappa shape index (κ2) is 8.40. The van der Waals surface area contributed by atoms with Gasteiger partial charge in [0.1, 0.15) is 10.7 Å². The maximum atomic E-state index is 14.3. The van der Waals surface area contributed by atoms with Crippen molar-refractivity contribution < 1.29 is 9.50 Å². The number of hydrogen-bond acceptors (Lipinski definition) is 5. The van der Waals surface area contributed by atoms with Crippen LogP contribution in [0.3, 0.4) is 0 Å². The molecule has 0 amide bonds. The summed E-state index contributed by atoms with van der Waals surface area (Å²) in [7, 11) is 0. The average molecular weight is 436 g/mol. The molecular weight excluding hydrogens is 409 g/mol. The molecule has 0 bridgehead atoms. The molecule has 156 valence electrons. The molecule has 1 aromatic carbocycles. The largest absolute Gasteiger partial charge is 0.390 e. The normalized spacial score (nSPS) is 21.1. The number of aliphatic hydroxyl groups is 1. The van der Waals surface area contributed by atoms with Crippen molar-refractivity contribution in [2.45, 2.75) is 62.5 Å². The molecule has 7 heteroatoms. The van der Waals surface area contributed by atoms with E-state index in [-0.39, 0.29) is 11.6 Å². The summed E-state index contributed by atoms with van der Waals surface area (Å²) in [5.41, 5.74) is 1.77. The van der Waals surface area contributed by atoms with Gasteiger partial charge in [-0.05, 0) is 49.7 Å². The van der Waals surface area contributed by atoms with Crippen LogP contribution in [0.4, 0.5) is 10.2 Å². The number of anilines is 1.